The van der Waals surface area contributed by atoms with Crippen LogP contribution in [0, 0.1) is 5.92 Å². The van der Waals surface area contributed by atoms with E-state index in [2.05, 4.69) is 10.2 Å². The van der Waals surface area contributed by atoms with Crippen LogP contribution in [0.4, 0.5) is 0 Å². The second kappa shape index (κ2) is 5.49. The number of carbonyl (C=O) groups excluding carboxylic acids is 1. The number of carboxylic acid groups (broad SMARTS) is 1. The molecule has 1 amide bonds. The topological polar surface area (TPSA) is 69.6 Å². The first kappa shape index (κ1) is 12.4. The van der Waals surface area contributed by atoms with E-state index in [-0.39, 0.29) is 18.2 Å². The Hall–Kier alpha value is -1.10. The van der Waals surface area contributed by atoms with E-state index in [1.165, 1.54) is 0 Å². The molecule has 0 atom stereocenters. The van der Waals surface area contributed by atoms with Crippen molar-refractivity contribution in [3.63, 3.8) is 0 Å². The van der Waals surface area contributed by atoms with Gasteiger partial charge in [0.15, 0.2) is 0 Å². The van der Waals surface area contributed by atoms with Gasteiger partial charge in [0.2, 0.25) is 5.91 Å². The molecule has 5 nitrogen and oxygen atoms in total. The number of likely N-dealkylation sites (tertiary alicyclic amines) is 1. The lowest BCUT2D eigenvalue weighted by Gasteiger charge is -2.30. The van der Waals surface area contributed by atoms with Gasteiger partial charge in [-0.1, -0.05) is 0 Å². The number of hydrogen-bond donors (Lipinski definition) is 2. The Labute approximate surface area is 101 Å². The molecule has 17 heavy (non-hydrogen) atoms. The van der Waals surface area contributed by atoms with E-state index in [0.29, 0.717) is 12.6 Å². The van der Waals surface area contributed by atoms with Gasteiger partial charge in [-0.15, -0.1) is 0 Å². The average molecular weight is 240 g/mol. The van der Waals surface area contributed by atoms with Crippen molar-refractivity contribution in [3.8, 4) is 0 Å². The summed E-state index contributed by atoms with van der Waals surface area (Å²) in [5.41, 5.74) is 0. The third-order valence-corrected chi connectivity index (χ3v) is 3.48. The van der Waals surface area contributed by atoms with Crippen LogP contribution in [-0.2, 0) is 9.59 Å². The van der Waals surface area contributed by atoms with Gasteiger partial charge < -0.3 is 10.4 Å². The normalized spacial score (nSPS) is 22.4. The predicted octanol–water partition coefficient (Wildman–Crippen LogP) is 0.452. The Morgan fingerprint density at radius 2 is 1.82 bits per heavy atom. The molecule has 0 unspecified atom stereocenters. The fourth-order valence-corrected chi connectivity index (χ4v) is 2.30. The summed E-state index contributed by atoms with van der Waals surface area (Å²) < 4.78 is 0. The number of rotatable bonds is 5. The molecule has 2 N–H and O–H groups in total. The summed E-state index contributed by atoms with van der Waals surface area (Å²) in [4.78, 5) is 24.3. The van der Waals surface area contributed by atoms with Crippen molar-refractivity contribution < 1.29 is 14.7 Å². The number of carboxylic acids is 1. The second-order valence-electron chi connectivity index (χ2n) is 5.16. The van der Waals surface area contributed by atoms with Crippen LogP contribution in [0.3, 0.4) is 0 Å². The zero-order valence-corrected chi connectivity index (χ0v) is 10.0. The zero-order valence-electron chi connectivity index (χ0n) is 10.0. The molecule has 1 heterocycles. The van der Waals surface area contributed by atoms with E-state index in [1.54, 1.807) is 0 Å². The summed E-state index contributed by atoms with van der Waals surface area (Å²) in [5, 5.41) is 11.7. The van der Waals surface area contributed by atoms with Crippen molar-refractivity contribution in [2.75, 3.05) is 19.6 Å². The van der Waals surface area contributed by atoms with Crippen molar-refractivity contribution in [2.45, 2.75) is 38.1 Å². The molecule has 0 radical (unpaired) electrons. The summed E-state index contributed by atoms with van der Waals surface area (Å²) in [5.74, 6) is -0.311. The highest BCUT2D eigenvalue weighted by atomic mass is 16.4. The maximum absolute atomic E-state index is 11.6. The van der Waals surface area contributed by atoms with Crippen LogP contribution in [-0.4, -0.2) is 47.6 Å². The molecule has 1 saturated carbocycles. The Morgan fingerprint density at radius 3 is 2.35 bits per heavy atom. The molecule has 0 aromatic heterocycles. The lowest BCUT2D eigenvalue weighted by molar-refractivity contribution is -0.138. The summed E-state index contributed by atoms with van der Waals surface area (Å²) >= 11 is 0. The molecule has 0 spiro atoms. The lowest BCUT2D eigenvalue weighted by atomic mass is 9.94. The van der Waals surface area contributed by atoms with E-state index >= 15 is 0 Å². The minimum absolute atomic E-state index is 0.115. The largest absolute Gasteiger partial charge is 0.481 e. The highest BCUT2D eigenvalue weighted by molar-refractivity contribution is 5.78. The van der Waals surface area contributed by atoms with E-state index in [9.17, 15) is 9.59 Å². The standard InChI is InChI=1S/C12H20N2O3/c15-11(13-10-1-2-10)8-14-5-3-9(4-6-14)7-12(16)17/h9-10H,1-8H2,(H,13,15)(H,16,17). The number of nitrogens with one attached hydrogen (secondary N) is 1. The van der Waals surface area contributed by atoms with E-state index < -0.39 is 5.97 Å². The third kappa shape index (κ3) is 4.34. The zero-order chi connectivity index (χ0) is 12.3. The average Bonchev–Trinajstić information content (AvgIpc) is 3.04. The minimum atomic E-state index is -0.713. The fourth-order valence-electron chi connectivity index (χ4n) is 2.30. The smallest absolute Gasteiger partial charge is 0.303 e. The number of aliphatic carboxylic acids is 1. The second-order valence-corrected chi connectivity index (χ2v) is 5.16. The quantitative estimate of drug-likeness (QED) is 0.732. The predicted molar refractivity (Wildman–Crippen MR) is 62.6 cm³/mol. The van der Waals surface area contributed by atoms with Gasteiger partial charge in [0.1, 0.15) is 0 Å². The maximum Gasteiger partial charge on any atom is 0.303 e. The van der Waals surface area contributed by atoms with Crippen molar-refractivity contribution >= 4 is 11.9 Å². The van der Waals surface area contributed by atoms with Crippen LogP contribution < -0.4 is 5.32 Å². The van der Waals surface area contributed by atoms with Gasteiger partial charge in [-0.25, -0.2) is 0 Å². The Balaban J connectivity index is 1.64. The first-order valence-electron chi connectivity index (χ1n) is 6.37. The van der Waals surface area contributed by atoms with Gasteiger partial charge in [0.05, 0.1) is 6.54 Å². The lowest BCUT2D eigenvalue weighted by Crippen LogP contribution is -2.42. The highest BCUT2D eigenvalue weighted by Crippen LogP contribution is 2.21. The number of hydrogen-bond acceptors (Lipinski definition) is 3. The SMILES string of the molecule is O=C(O)CC1CCN(CC(=O)NC2CC2)CC1. The molecular weight excluding hydrogens is 220 g/mol. The van der Waals surface area contributed by atoms with E-state index in [4.69, 9.17) is 5.11 Å². The Bertz CT molecular complexity index is 294. The first-order valence-corrected chi connectivity index (χ1v) is 6.37. The molecule has 1 aliphatic carbocycles. The number of amides is 1. The van der Waals surface area contributed by atoms with Gasteiger partial charge in [0, 0.05) is 12.5 Å². The minimum Gasteiger partial charge on any atom is -0.481 e. The molecule has 0 aromatic rings. The summed E-state index contributed by atoms with van der Waals surface area (Å²) in [7, 11) is 0. The van der Waals surface area contributed by atoms with Crippen LogP contribution in [0.2, 0.25) is 0 Å². The molecule has 5 heteroatoms. The maximum atomic E-state index is 11.6. The Kier molecular flexibility index (Phi) is 3.99. The van der Waals surface area contributed by atoms with Crippen LogP contribution in [0.15, 0.2) is 0 Å². The van der Waals surface area contributed by atoms with Crippen LogP contribution in [0.1, 0.15) is 32.1 Å². The Morgan fingerprint density at radius 1 is 1.18 bits per heavy atom. The number of piperidine rings is 1. The monoisotopic (exact) mass is 240 g/mol. The molecule has 1 saturated heterocycles. The van der Waals surface area contributed by atoms with Gasteiger partial charge in [0.25, 0.3) is 0 Å². The van der Waals surface area contributed by atoms with E-state index in [1.807, 2.05) is 0 Å². The third-order valence-electron chi connectivity index (χ3n) is 3.48. The fraction of sp³-hybridized carbons (Fsp3) is 0.833. The molecule has 96 valence electrons. The molecule has 2 rings (SSSR count). The van der Waals surface area contributed by atoms with Gasteiger partial charge in [-0.05, 0) is 44.7 Å². The molecular formula is C12H20N2O3. The van der Waals surface area contributed by atoms with Crippen molar-refractivity contribution in [3.05, 3.63) is 0 Å². The van der Waals surface area contributed by atoms with Crippen LogP contribution in [0.25, 0.3) is 0 Å². The van der Waals surface area contributed by atoms with Crippen molar-refractivity contribution in [1.82, 2.24) is 10.2 Å². The van der Waals surface area contributed by atoms with Crippen LogP contribution >= 0.6 is 0 Å². The van der Waals surface area contributed by atoms with Gasteiger partial charge in [-0.3, -0.25) is 14.5 Å². The first-order chi connectivity index (χ1) is 8.13. The molecule has 1 aliphatic heterocycles. The molecule has 0 bridgehead atoms. The van der Waals surface area contributed by atoms with Gasteiger partial charge in [-0.2, -0.15) is 0 Å². The summed E-state index contributed by atoms with van der Waals surface area (Å²) in [6.45, 7) is 2.16. The molecule has 0 aromatic carbocycles. The van der Waals surface area contributed by atoms with Crippen molar-refractivity contribution in [1.29, 1.82) is 0 Å². The van der Waals surface area contributed by atoms with Crippen molar-refractivity contribution in [2.24, 2.45) is 5.92 Å². The van der Waals surface area contributed by atoms with Gasteiger partial charge >= 0.3 is 5.97 Å². The molecule has 2 fully saturated rings. The summed E-state index contributed by atoms with van der Waals surface area (Å²) in [6, 6.07) is 0.423. The number of nitrogens with zero attached hydrogens (tertiary/aromatic N) is 1. The number of carbonyl (C=O) groups is 2. The van der Waals surface area contributed by atoms with E-state index in [0.717, 1.165) is 38.8 Å². The molecule has 2 aliphatic rings. The summed E-state index contributed by atoms with van der Waals surface area (Å²) in [6.07, 6.45) is 4.28. The van der Waals surface area contributed by atoms with Crippen LogP contribution in [0.5, 0.6) is 0 Å². The highest BCUT2D eigenvalue weighted by Gasteiger charge is 2.26.